The van der Waals surface area contributed by atoms with Gasteiger partial charge in [-0.3, -0.25) is 4.99 Å². The predicted octanol–water partition coefficient (Wildman–Crippen LogP) is 5.55. The van der Waals surface area contributed by atoms with Gasteiger partial charge >= 0.3 is 0 Å². The van der Waals surface area contributed by atoms with Crippen molar-refractivity contribution in [1.82, 2.24) is 4.57 Å². The van der Waals surface area contributed by atoms with E-state index in [0.717, 1.165) is 19.5 Å². The quantitative estimate of drug-likeness (QED) is 0.599. The molecule has 23 heavy (non-hydrogen) atoms. The molecule has 4 heteroatoms. The molecule has 0 radical (unpaired) electrons. The molecule has 128 valence electrons. The summed E-state index contributed by atoms with van der Waals surface area (Å²) in [7, 11) is 0. The largest absolute Gasteiger partial charge is 0.320 e. The Hall–Kier alpha value is -0.610. The first-order chi connectivity index (χ1) is 10.8. The first kappa shape index (κ1) is 18.7. The summed E-state index contributed by atoms with van der Waals surface area (Å²) in [4.78, 5) is 6.05. The van der Waals surface area contributed by atoms with Crippen LogP contribution in [0.3, 0.4) is 0 Å². The minimum atomic E-state index is 0. The maximum absolute atomic E-state index is 4.82. The number of nitrogens with zero attached hydrogens (tertiary/aromatic N) is 2. The lowest BCUT2D eigenvalue weighted by Gasteiger charge is -2.44. The standard InChI is InChI=1S/C19H28N2S.BrH/c1-3-13-20-18-21(14-4-2)17(15-22-18)19(11-8-12-19)16-9-6-5-7-10-16;/h6,9-10,15H,3-5,7-8,11-14H2,1-2H3;1H. The van der Waals surface area contributed by atoms with Crippen molar-refractivity contribution in [2.24, 2.45) is 4.99 Å². The molecule has 0 unspecified atom stereocenters. The number of thiazole rings is 1. The van der Waals surface area contributed by atoms with Crippen LogP contribution < -0.4 is 4.80 Å². The minimum absolute atomic E-state index is 0. The lowest BCUT2D eigenvalue weighted by Crippen LogP contribution is -2.39. The van der Waals surface area contributed by atoms with Gasteiger partial charge in [0.2, 0.25) is 0 Å². The summed E-state index contributed by atoms with van der Waals surface area (Å²) >= 11 is 1.84. The maximum Gasteiger partial charge on any atom is 0.184 e. The van der Waals surface area contributed by atoms with Gasteiger partial charge in [-0.2, -0.15) is 0 Å². The first-order valence-corrected chi connectivity index (χ1v) is 9.76. The third kappa shape index (κ3) is 3.58. The Morgan fingerprint density at radius 2 is 2.04 bits per heavy atom. The number of hydrogen-bond donors (Lipinski definition) is 0. The topological polar surface area (TPSA) is 17.3 Å². The van der Waals surface area contributed by atoms with E-state index in [2.05, 4.69) is 42.0 Å². The molecule has 0 bridgehead atoms. The van der Waals surface area contributed by atoms with Crippen molar-refractivity contribution in [3.8, 4) is 0 Å². The summed E-state index contributed by atoms with van der Waals surface area (Å²) < 4.78 is 2.52. The van der Waals surface area contributed by atoms with Crippen LogP contribution in [0, 0.1) is 0 Å². The summed E-state index contributed by atoms with van der Waals surface area (Å²) in [6.45, 7) is 6.51. The predicted molar refractivity (Wildman–Crippen MR) is 106 cm³/mol. The van der Waals surface area contributed by atoms with Crippen LogP contribution in [0.25, 0.3) is 0 Å². The summed E-state index contributed by atoms with van der Waals surface area (Å²) in [5.41, 5.74) is 3.37. The second-order valence-electron chi connectivity index (χ2n) is 6.51. The zero-order valence-electron chi connectivity index (χ0n) is 14.4. The van der Waals surface area contributed by atoms with Crippen LogP contribution in [0.5, 0.6) is 0 Å². The van der Waals surface area contributed by atoms with Crippen LogP contribution in [0.4, 0.5) is 0 Å². The van der Waals surface area contributed by atoms with Crippen LogP contribution in [-0.2, 0) is 12.0 Å². The molecule has 0 aliphatic heterocycles. The fourth-order valence-corrected chi connectivity index (χ4v) is 4.72. The Labute approximate surface area is 154 Å². The molecule has 0 spiro atoms. The van der Waals surface area contributed by atoms with Gasteiger partial charge in [0.15, 0.2) is 4.80 Å². The lowest BCUT2D eigenvalue weighted by atomic mass is 9.61. The zero-order chi connectivity index (χ0) is 15.4. The molecule has 1 aromatic heterocycles. The normalized spacial score (nSPS) is 19.9. The van der Waals surface area contributed by atoms with E-state index >= 15 is 0 Å². The van der Waals surface area contributed by atoms with Gasteiger partial charge in [-0.1, -0.05) is 38.5 Å². The average molecular weight is 397 g/mol. The van der Waals surface area contributed by atoms with Crippen molar-refractivity contribution >= 4 is 28.3 Å². The average Bonchev–Trinajstić information content (AvgIpc) is 2.89. The molecule has 1 saturated carbocycles. The molecule has 3 rings (SSSR count). The molecular formula is C19H29BrN2S. The van der Waals surface area contributed by atoms with Crippen molar-refractivity contribution in [3.63, 3.8) is 0 Å². The Kier molecular flexibility index (Phi) is 6.90. The van der Waals surface area contributed by atoms with Crippen molar-refractivity contribution in [2.45, 2.75) is 70.8 Å². The number of allylic oxidation sites excluding steroid dienone is 4. The molecule has 2 aliphatic rings. The zero-order valence-corrected chi connectivity index (χ0v) is 16.9. The van der Waals surface area contributed by atoms with Crippen LogP contribution in [-0.4, -0.2) is 11.1 Å². The fourth-order valence-electron chi connectivity index (χ4n) is 3.67. The molecule has 2 aliphatic carbocycles. The highest BCUT2D eigenvalue weighted by Crippen LogP contribution is 2.50. The van der Waals surface area contributed by atoms with Crippen LogP contribution in [0.2, 0.25) is 0 Å². The highest BCUT2D eigenvalue weighted by molar-refractivity contribution is 8.93. The van der Waals surface area contributed by atoms with Crippen LogP contribution in [0.15, 0.2) is 34.2 Å². The molecule has 0 N–H and O–H groups in total. The van der Waals surface area contributed by atoms with E-state index in [0.29, 0.717) is 0 Å². The van der Waals surface area contributed by atoms with E-state index in [1.54, 1.807) is 5.57 Å². The van der Waals surface area contributed by atoms with Crippen molar-refractivity contribution in [3.05, 3.63) is 39.7 Å². The Balaban J connectivity index is 0.00000192. The Bertz CT molecular complexity index is 632. The van der Waals surface area contributed by atoms with Crippen molar-refractivity contribution < 1.29 is 0 Å². The van der Waals surface area contributed by atoms with Gasteiger partial charge in [0.1, 0.15) is 0 Å². The third-order valence-corrected chi connectivity index (χ3v) is 5.86. The molecule has 0 saturated heterocycles. The van der Waals surface area contributed by atoms with E-state index in [1.165, 1.54) is 49.0 Å². The minimum Gasteiger partial charge on any atom is -0.320 e. The Morgan fingerprint density at radius 3 is 2.61 bits per heavy atom. The molecule has 0 aromatic carbocycles. The van der Waals surface area contributed by atoms with Gasteiger partial charge in [0, 0.05) is 29.6 Å². The third-order valence-electron chi connectivity index (χ3n) is 4.96. The highest BCUT2D eigenvalue weighted by Gasteiger charge is 2.43. The van der Waals surface area contributed by atoms with E-state index < -0.39 is 0 Å². The van der Waals surface area contributed by atoms with E-state index in [-0.39, 0.29) is 22.4 Å². The second-order valence-corrected chi connectivity index (χ2v) is 7.35. The van der Waals surface area contributed by atoms with Gasteiger partial charge < -0.3 is 4.57 Å². The molecule has 1 aromatic rings. The SMILES string of the molecule is Br.CCCN=c1scc(C2(C3=CCCC=C3)CCC2)n1CCC. The summed E-state index contributed by atoms with van der Waals surface area (Å²) in [6, 6.07) is 0. The first-order valence-electron chi connectivity index (χ1n) is 8.88. The monoisotopic (exact) mass is 396 g/mol. The molecule has 0 amide bonds. The Morgan fingerprint density at radius 1 is 1.22 bits per heavy atom. The smallest absolute Gasteiger partial charge is 0.184 e. The van der Waals surface area contributed by atoms with Crippen LogP contribution >= 0.6 is 28.3 Å². The second kappa shape index (κ2) is 8.48. The molecule has 1 fully saturated rings. The maximum atomic E-state index is 4.82. The van der Waals surface area contributed by atoms with Gasteiger partial charge in [-0.25, -0.2) is 0 Å². The van der Waals surface area contributed by atoms with E-state index in [4.69, 9.17) is 4.99 Å². The van der Waals surface area contributed by atoms with Crippen molar-refractivity contribution in [2.75, 3.05) is 6.54 Å². The number of halogens is 1. The molecule has 2 nitrogen and oxygen atoms in total. The summed E-state index contributed by atoms with van der Waals surface area (Å²) in [5, 5.41) is 2.40. The van der Waals surface area contributed by atoms with Crippen molar-refractivity contribution in [1.29, 1.82) is 0 Å². The summed E-state index contributed by atoms with van der Waals surface area (Å²) in [6.07, 6.45) is 15.9. The lowest BCUT2D eigenvalue weighted by molar-refractivity contribution is 0.280. The number of rotatable bonds is 6. The number of hydrogen-bond acceptors (Lipinski definition) is 2. The van der Waals surface area contributed by atoms with Gasteiger partial charge in [0.25, 0.3) is 0 Å². The molecular weight excluding hydrogens is 368 g/mol. The van der Waals surface area contributed by atoms with Gasteiger partial charge in [-0.15, -0.1) is 28.3 Å². The highest BCUT2D eigenvalue weighted by atomic mass is 79.9. The van der Waals surface area contributed by atoms with Gasteiger partial charge in [0.05, 0.1) is 0 Å². The van der Waals surface area contributed by atoms with Gasteiger partial charge in [-0.05, 0) is 44.1 Å². The van der Waals surface area contributed by atoms with Crippen LogP contribution in [0.1, 0.15) is 64.5 Å². The molecule has 0 atom stereocenters. The van der Waals surface area contributed by atoms with E-state index in [1.807, 2.05) is 11.3 Å². The summed E-state index contributed by atoms with van der Waals surface area (Å²) in [5.74, 6) is 0. The van der Waals surface area contributed by atoms with E-state index in [9.17, 15) is 0 Å². The number of aromatic nitrogens is 1. The molecule has 1 heterocycles. The fraction of sp³-hybridized carbons (Fsp3) is 0.632.